The largest absolute Gasteiger partial charge is 0.504 e. The van der Waals surface area contributed by atoms with E-state index in [0.717, 1.165) is 49.9 Å². The van der Waals surface area contributed by atoms with Gasteiger partial charge < -0.3 is 19.8 Å². The number of phenolic OH excluding ortho intramolecular Hbond substituents is 1. The lowest BCUT2D eigenvalue weighted by atomic mass is 9.38. The van der Waals surface area contributed by atoms with Gasteiger partial charge in [-0.25, -0.2) is 0 Å². The molecule has 2 aromatic carbocycles. The van der Waals surface area contributed by atoms with Gasteiger partial charge in [0.2, 0.25) is 0 Å². The number of hydrogen-bond acceptors (Lipinski definition) is 5. The Morgan fingerprint density at radius 1 is 1.16 bits per heavy atom. The van der Waals surface area contributed by atoms with Crippen molar-refractivity contribution in [2.24, 2.45) is 11.3 Å². The molecule has 5 atom stereocenters. The van der Waals surface area contributed by atoms with Gasteiger partial charge in [-0.2, -0.15) is 0 Å². The van der Waals surface area contributed by atoms with E-state index in [-0.39, 0.29) is 23.1 Å². The van der Waals surface area contributed by atoms with Crippen molar-refractivity contribution < 1.29 is 19.7 Å². The molecule has 1 amide bonds. The summed E-state index contributed by atoms with van der Waals surface area (Å²) >= 11 is 0. The third kappa shape index (κ3) is 2.93. The molecule has 6 nitrogen and oxygen atoms in total. The zero-order chi connectivity index (χ0) is 26.4. The Balaban J connectivity index is 1.37. The first-order valence-corrected chi connectivity index (χ1v) is 14.2. The summed E-state index contributed by atoms with van der Waals surface area (Å²) in [6, 6.07) is 14.0. The number of likely N-dealkylation sites (N-methyl/N-ethyl adjacent to an activating group) is 1. The van der Waals surface area contributed by atoms with Crippen LogP contribution in [0.25, 0.3) is 0 Å². The molecule has 4 aliphatic carbocycles. The van der Waals surface area contributed by atoms with Crippen LogP contribution in [0.15, 0.2) is 54.1 Å². The predicted molar refractivity (Wildman–Crippen MR) is 145 cm³/mol. The Hall–Kier alpha value is -2.83. The van der Waals surface area contributed by atoms with E-state index in [1.54, 1.807) is 11.0 Å². The summed E-state index contributed by atoms with van der Waals surface area (Å²) in [4.78, 5) is 18.5. The molecular weight excluding hydrogens is 476 g/mol. The van der Waals surface area contributed by atoms with Crippen molar-refractivity contribution in [2.45, 2.75) is 75.7 Å². The Bertz CT molecular complexity index is 1340. The SMILES string of the molecule is CC(C)CCN1CC[C@]23c4c5ccc(O)c4O[C@H]2[C@@]2(O)CC[C@@]3(C=C2C(=O)N(C)Cc2ccccc2)[C@H]1C5. The van der Waals surface area contributed by atoms with Crippen molar-refractivity contribution in [3.05, 3.63) is 70.8 Å². The summed E-state index contributed by atoms with van der Waals surface area (Å²) in [6.45, 7) is 6.99. The van der Waals surface area contributed by atoms with Crippen LogP contribution in [0.3, 0.4) is 0 Å². The number of amides is 1. The number of hydrogen-bond donors (Lipinski definition) is 2. The maximum Gasteiger partial charge on any atom is 0.252 e. The second-order valence-corrected chi connectivity index (χ2v) is 12.8. The fourth-order valence-corrected chi connectivity index (χ4v) is 8.78. The molecule has 0 aromatic heterocycles. The molecule has 6 aliphatic rings. The van der Waals surface area contributed by atoms with Crippen LogP contribution in [0.5, 0.6) is 11.5 Å². The number of aliphatic hydroxyl groups is 1. The molecule has 2 heterocycles. The molecule has 2 N–H and O–H groups in total. The number of likely N-dealkylation sites (tertiary alicyclic amines) is 1. The lowest BCUT2D eigenvalue weighted by molar-refractivity contribution is -0.188. The fraction of sp³-hybridized carbons (Fsp3) is 0.531. The summed E-state index contributed by atoms with van der Waals surface area (Å²) < 4.78 is 6.62. The van der Waals surface area contributed by atoms with Gasteiger partial charge in [0.15, 0.2) is 11.5 Å². The average molecular weight is 515 g/mol. The van der Waals surface area contributed by atoms with Crippen molar-refractivity contribution in [1.29, 1.82) is 0 Å². The highest BCUT2D eigenvalue weighted by Crippen LogP contribution is 2.74. The van der Waals surface area contributed by atoms with Crippen molar-refractivity contribution in [1.82, 2.24) is 9.80 Å². The van der Waals surface area contributed by atoms with E-state index in [0.29, 0.717) is 30.2 Å². The zero-order valence-electron chi connectivity index (χ0n) is 22.6. The third-order valence-corrected chi connectivity index (χ3v) is 10.5. The summed E-state index contributed by atoms with van der Waals surface area (Å²) in [5.41, 5.74) is 1.72. The Morgan fingerprint density at radius 2 is 1.95 bits per heavy atom. The molecule has 6 heteroatoms. The van der Waals surface area contributed by atoms with E-state index in [1.165, 1.54) is 5.56 Å². The summed E-state index contributed by atoms with van der Waals surface area (Å²) in [6.07, 6.45) is 5.79. The van der Waals surface area contributed by atoms with Crippen molar-refractivity contribution >= 4 is 5.91 Å². The van der Waals surface area contributed by atoms with E-state index in [9.17, 15) is 15.0 Å². The maximum absolute atomic E-state index is 14.1. The van der Waals surface area contributed by atoms with Crippen molar-refractivity contribution in [2.75, 3.05) is 20.1 Å². The molecule has 1 saturated carbocycles. The fourth-order valence-electron chi connectivity index (χ4n) is 8.78. The number of ether oxygens (including phenoxy) is 1. The van der Waals surface area contributed by atoms with Gasteiger partial charge in [0, 0.05) is 36.2 Å². The molecule has 8 rings (SSSR count). The van der Waals surface area contributed by atoms with Crippen molar-refractivity contribution in [3.63, 3.8) is 0 Å². The standard InChI is InChI=1S/C32H38N2O4/c1-20(2)11-15-34-16-14-31-26-22-9-10-24(35)27(26)38-29(31)32(37)13-12-30(31,25(34)17-22)18-23(32)28(36)33(3)19-21-7-5-4-6-8-21/h4-10,18,20,25,29,35,37H,11-17,19H2,1-3H3/t25-,29-,30-,31+,32-/m1/s1. The number of phenols is 1. The van der Waals surface area contributed by atoms with Gasteiger partial charge in [-0.05, 0) is 68.3 Å². The summed E-state index contributed by atoms with van der Waals surface area (Å²) in [5, 5.41) is 23.3. The maximum atomic E-state index is 14.1. The topological polar surface area (TPSA) is 73.2 Å². The average Bonchev–Trinajstić information content (AvgIpc) is 3.27. The Labute approximate surface area is 224 Å². The number of benzene rings is 2. The smallest absolute Gasteiger partial charge is 0.252 e. The minimum atomic E-state index is -1.39. The normalized spacial score (nSPS) is 34.1. The van der Waals surface area contributed by atoms with E-state index >= 15 is 0 Å². The molecular formula is C32H38N2O4. The van der Waals surface area contributed by atoms with Gasteiger partial charge in [-0.1, -0.05) is 56.3 Å². The van der Waals surface area contributed by atoms with Gasteiger partial charge in [0.25, 0.3) is 5.91 Å². The van der Waals surface area contributed by atoms with Gasteiger partial charge in [-0.15, -0.1) is 0 Å². The van der Waals surface area contributed by atoms with E-state index in [2.05, 4.69) is 30.9 Å². The van der Waals surface area contributed by atoms with E-state index < -0.39 is 17.1 Å². The van der Waals surface area contributed by atoms with Crippen LogP contribution < -0.4 is 4.74 Å². The first-order chi connectivity index (χ1) is 18.2. The van der Waals surface area contributed by atoms with Crippen LogP contribution in [-0.2, 0) is 23.2 Å². The number of carbonyl (C=O) groups excluding carboxylic acids is 1. The highest BCUT2D eigenvalue weighted by molar-refractivity contribution is 5.97. The van der Waals surface area contributed by atoms with Gasteiger partial charge in [0.1, 0.15) is 11.7 Å². The lowest BCUT2D eigenvalue weighted by Gasteiger charge is -2.70. The van der Waals surface area contributed by atoms with Crippen LogP contribution in [0.4, 0.5) is 0 Å². The highest BCUT2D eigenvalue weighted by atomic mass is 16.5. The zero-order valence-corrected chi connectivity index (χ0v) is 22.6. The number of fused-ring (bicyclic) bond motifs is 1. The highest BCUT2D eigenvalue weighted by Gasteiger charge is 2.78. The van der Waals surface area contributed by atoms with Crippen LogP contribution in [-0.4, -0.2) is 63.8 Å². The minimum absolute atomic E-state index is 0.133. The number of nitrogens with zero attached hydrogens (tertiary/aromatic N) is 2. The summed E-state index contributed by atoms with van der Waals surface area (Å²) in [7, 11) is 1.82. The molecule has 2 spiro atoms. The predicted octanol–water partition coefficient (Wildman–Crippen LogP) is 4.18. The summed E-state index contributed by atoms with van der Waals surface area (Å²) in [5.74, 6) is 1.16. The number of piperidine rings is 1. The molecule has 200 valence electrons. The van der Waals surface area contributed by atoms with Gasteiger partial charge in [0.05, 0.1) is 5.41 Å². The minimum Gasteiger partial charge on any atom is -0.504 e. The second-order valence-electron chi connectivity index (χ2n) is 12.8. The molecule has 38 heavy (non-hydrogen) atoms. The Morgan fingerprint density at radius 3 is 2.71 bits per heavy atom. The monoisotopic (exact) mass is 514 g/mol. The number of rotatable bonds is 6. The van der Waals surface area contributed by atoms with E-state index in [4.69, 9.17) is 4.74 Å². The van der Waals surface area contributed by atoms with Crippen LogP contribution in [0, 0.1) is 11.3 Å². The first kappa shape index (κ1) is 24.2. The molecule has 1 saturated heterocycles. The molecule has 2 aliphatic heterocycles. The molecule has 2 fully saturated rings. The van der Waals surface area contributed by atoms with Crippen molar-refractivity contribution in [3.8, 4) is 11.5 Å². The lowest BCUT2D eigenvalue weighted by Crippen LogP contribution is -2.78. The molecule has 4 bridgehead atoms. The van der Waals surface area contributed by atoms with Crippen LogP contribution in [0.2, 0.25) is 0 Å². The van der Waals surface area contributed by atoms with Crippen LogP contribution in [0.1, 0.15) is 56.2 Å². The van der Waals surface area contributed by atoms with E-state index in [1.807, 2.05) is 37.4 Å². The third-order valence-electron chi connectivity index (χ3n) is 10.5. The molecule has 0 radical (unpaired) electrons. The number of aromatic hydroxyl groups is 1. The number of carbonyl (C=O) groups is 1. The first-order valence-electron chi connectivity index (χ1n) is 14.2. The Kier molecular flexibility index (Phi) is 5.16. The van der Waals surface area contributed by atoms with Gasteiger partial charge in [-0.3, -0.25) is 9.69 Å². The second kappa shape index (κ2) is 8.09. The van der Waals surface area contributed by atoms with Crippen LogP contribution >= 0.6 is 0 Å². The quantitative estimate of drug-likeness (QED) is 0.605. The molecule has 0 unspecified atom stereocenters. The van der Waals surface area contributed by atoms with Gasteiger partial charge >= 0.3 is 0 Å². The molecule has 2 aromatic rings.